The first-order chi connectivity index (χ1) is 14.9. The van der Waals surface area contributed by atoms with Gasteiger partial charge in [-0.1, -0.05) is 17.3 Å². The quantitative estimate of drug-likeness (QED) is 0.680. The number of morpholine rings is 1. The lowest BCUT2D eigenvalue weighted by atomic mass is 10.1. The summed E-state index contributed by atoms with van der Waals surface area (Å²) >= 11 is 0. The van der Waals surface area contributed by atoms with E-state index in [-0.39, 0.29) is 29.7 Å². The molecule has 2 saturated heterocycles. The fourth-order valence-corrected chi connectivity index (χ4v) is 5.82. The van der Waals surface area contributed by atoms with Gasteiger partial charge in [-0.05, 0) is 31.5 Å². The Morgan fingerprint density at radius 1 is 1.06 bits per heavy atom. The second-order valence-electron chi connectivity index (χ2n) is 7.94. The lowest BCUT2D eigenvalue weighted by molar-refractivity contribution is 0.0341. The Morgan fingerprint density at radius 2 is 1.77 bits per heavy atom. The van der Waals surface area contributed by atoms with Crippen molar-refractivity contribution in [1.82, 2.24) is 19.3 Å². The van der Waals surface area contributed by atoms with Crippen molar-refractivity contribution in [2.24, 2.45) is 0 Å². The van der Waals surface area contributed by atoms with E-state index < -0.39 is 10.0 Å². The Balaban J connectivity index is 1.40. The number of sulfonamides is 1. The van der Waals surface area contributed by atoms with E-state index in [1.165, 1.54) is 4.31 Å². The molecule has 0 bridgehead atoms. The minimum atomic E-state index is -3.69. The smallest absolute Gasteiger partial charge is 0.253 e. The van der Waals surface area contributed by atoms with Crippen molar-refractivity contribution in [3.63, 3.8) is 0 Å². The number of rotatable bonds is 5. The van der Waals surface area contributed by atoms with Crippen LogP contribution >= 0.6 is 0 Å². The molecule has 0 atom stereocenters. The second kappa shape index (κ2) is 9.07. The van der Waals surface area contributed by atoms with Gasteiger partial charge in [0.25, 0.3) is 5.91 Å². The number of hydrogen-bond donors (Lipinski definition) is 0. The largest absolute Gasteiger partial charge is 0.379 e. The Morgan fingerprint density at radius 3 is 2.42 bits per heavy atom. The summed E-state index contributed by atoms with van der Waals surface area (Å²) < 4.78 is 37.8. The standard InChI is InChI=1S/C21H28N4O5S/c1-16-20(17(2)30-22-16)31(27,28)25-8-6-24(7-9-25)21(26)19-5-3-4-18(14-19)15-23-10-12-29-13-11-23/h3-5,14H,6-13,15H2,1-2H3. The average molecular weight is 449 g/mol. The summed E-state index contributed by atoms with van der Waals surface area (Å²) in [6.45, 7) is 8.41. The van der Waals surface area contributed by atoms with Crippen LogP contribution in [0.3, 0.4) is 0 Å². The zero-order valence-corrected chi connectivity index (χ0v) is 18.7. The normalized spacial score (nSPS) is 19.0. The molecule has 0 aliphatic carbocycles. The van der Waals surface area contributed by atoms with Crippen molar-refractivity contribution in [3.05, 3.63) is 46.8 Å². The molecule has 1 aromatic heterocycles. The van der Waals surface area contributed by atoms with E-state index in [1.54, 1.807) is 18.7 Å². The summed E-state index contributed by atoms with van der Waals surface area (Å²) in [5, 5.41) is 3.75. The lowest BCUT2D eigenvalue weighted by Gasteiger charge is -2.34. The average Bonchev–Trinajstić information content (AvgIpc) is 3.13. The summed E-state index contributed by atoms with van der Waals surface area (Å²) in [5.41, 5.74) is 2.08. The minimum Gasteiger partial charge on any atom is -0.379 e. The van der Waals surface area contributed by atoms with Crippen LogP contribution in [0.25, 0.3) is 0 Å². The maximum atomic E-state index is 13.0. The van der Waals surface area contributed by atoms with Crippen LogP contribution in [0.15, 0.2) is 33.7 Å². The Labute approximate surface area is 182 Å². The van der Waals surface area contributed by atoms with Crippen LogP contribution < -0.4 is 0 Å². The Hall–Kier alpha value is -2.27. The number of hydrogen-bond acceptors (Lipinski definition) is 7. The molecule has 9 nitrogen and oxygen atoms in total. The van der Waals surface area contributed by atoms with Crippen LogP contribution in [0.5, 0.6) is 0 Å². The number of aromatic nitrogens is 1. The number of nitrogens with zero attached hydrogens (tertiary/aromatic N) is 4. The number of benzene rings is 1. The number of aryl methyl sites for hydroxylation is 2. The molecule has 2 aliphatic rings. The summed E-state index contributed by atoms with van der Waals surface area (Å²) in [6.07, 6.45) is 0. The van der Waals surface area contributed by atoms with Crippen LogP contribution in [0.4, 0.5) is 0 Å². The van der Waals surface area contributed by atoms with Crippen LogP contribution in [0.2, 0.25) is 0 Å². The molecule has 2 fully saturated rings. The number of ether oxygens (including phenoxy) is 1. The molecule has 2 aliphatic heterocycles. The Bertz CT molecular complexity index is 1020. The van der Waals surface area contributed by atoms with Crippen LogP contribution in [0, 0.1) is 13.8 Å². The monoisotopic (exact) mass is 448 g/mol. The fraction of sp³-hybridized carbons (Fsp3) is 0.524. The number of amides is 1. The van der Waals surface area contributed by atoms with Gasteiger partial charge in [-0.2, -0.15) is 4.31 Å². The van der Waals surface area contributed by atoms with E-state index in [4.69, 9.17) is 9.26 Å². The maximum Gasteiger partial charge on any atom is 0.253 e. The van der Waals surface area contributed by atoms with Gasteiger partial charge >= 0.3 is 0 Å². The first-order valence-corrected chi connectivity index (χ1v) is 11.9. The summed E-state index contributed by atoms with van der Waals surface area (Å²) in [6, 6.07) is 7.68. The molecule has 0 N–H and O–H groups in total. The van der Waals surface area contributed by atoms with Crippen LogP contribution in [-0.4, -0.2) is 86.1 Å². The van der Waals surface area contributed by atoms with Gasteiger partial charge in [0.2, 0.25) is 10.0 Å². The molecule has 0 radical (unpaired) electrons. The van der Waals surface area contributed by atoms with E-state index in [2.05, 4.69) is 10.1 Å². The van der Waals surface area contributed by atoms with Gasteiger partial charge in [0.05, 0.1) is 13.2 Å². The maximum absolute atomic E-state index is 13.0. The van der Waals surface area contributed by atoms with Crippen molar-refractivity contribution < 1.29 is 22.5 Å². The van der Waals surface area contributed by atoms with Gasteiger partial charge in [-0.15, -0.1) is 0 Å². The predicted molar refractivity (Wildman–Crippen MR) is 113 cm³/mol. The highest BCUT2D eigenvalue weighted by Crippen LogP contribution is 2.24. The highest BCUT2D eigenvalue weighted by molar-refractivity contribution is 7.89. The molecule has 2 aromatic rings. The molecule has 0 spiro atoms. The zero-order valence-electron chi connectivity index (χ0n) is 17.9. The fourth-order valence-electron chi connectivity index (χ4n) is 4.11. The van der Waals surface area contributed by atoms with Gasteiger partial charge < -0.3 is 14.2 Å². The lowest BCUT2D eigenvalue weighted by Crippen LogP contribution is -2.50. The molecule has 1 aromatic carbocycles. The van der Waals surface area contributed by atoms with Gasteiger partial charge in [0.1, 0.15) is 10.6 Å². The molecule has 0 unspecified atom stereocenters. The third-order valence-electron chi connectivity index (χ3n) is 5.78. The molecule has 4 rings (SSSR count). The molecule has 168 valence electrons. The first-order valence-electron chi connectivity index (χ1n) is 10.5. The van der Waals surface area contributed by atoms with Crippen molar-refractivity contribution in [3.8, 4) is 0 Å². The van der Waals surface area contributed by atoms with Crippen molar-refractivity contribution >= 4 is 15.9 Å². The molecule has 0 saturated carbocycles. The van der Waals surface area contributed by atoms with Gasteiger partial charge in [-0.25, -0.2) is 8.42 Å². The topological polar surface area (TPSA) is 96.2 Å². The van der Waals surface area contributed by atoms with E-state index >= 15 is 0 Å². The minimum absolute atomic E-state index is 0.0711. The van der Waals surface area contributed by atoms with Crippen molar-refractivity contribution in [2.75, 3.05) is 52.5 Å². The van der Waals surface area contributed by atoms with Gasteiger partial charge in [-0.3, -0.25) is 9.69 Å². The molecular formula is C21H28N4O5S. The molecule has 31 heavy (non-hydrogen) atoms. The number of carbonyl (C=O) groups is 1. The molecule has 10 heteroatoms. The Kier molecular flexibility index (Phi) is 6.42. The van der Waals surface area contributed by atoms with Crippen LogP contribution in [-0.2, 0) is 21.3 Å². The highest BCUT2D eigenvalue weighted by atomic mass is 32.2. The van der Waals surface area contributed by atoms with E-state index in [0.29, 0.717) is 24.3 Å². The van der Waals surface area contributed by atoms with Crippen LogP contribution in [0.1, 0.15) is 27.4 Å². The van der Waals surface area contributed by atoms with E-state index in [0.717, 1.165) is 38.4 Å². The molecule has 1 amide bonds. The third kappa shape index (κ3) is 4.67. The van der Waals surface area contributed by atoms with Gasteiger partial charge in [0.15, 0.2) is 5.76 Å². The zero-order chi connectivity index (χ0) is 22.0. The van der Waals surface area contributed by atoms with E-state index in [9.17, 15) is 13.2 Å². The number of carbonyl (C=O) groups excluding carboxylic acids is 1. The summed E-state index contributed by atoms with van der Waals surface area (Å²) in [4.78, 5) is 17.2. The summed E-state index contributed by atoms with van der Waals surface area (Å²) in [5.74, 6) is 0.214. The predicted octanol–water partition coefficient (Wildman–Crippen LogP) is 1.27. The molecule has 3 heterocycles. The third-order valence-corrected chi connectivity index (χ3v) is 7.92. The van der Waals surface area contributed by atoms with Crippen molar-refractivity contribution in [1.29, 1.82) is 0 Å². The molecular weight excluding hydrogens is 420 g/mol. The first kappa shape index (κ1) is 21.9. The SMILES string of the molecule is Cc1noc(C)c1S(=O)(=O)N1CCN(C(=O)c2cccc(CN3CCOCC3)c2)CC1. The second-order valence-corrected chi connectivity index (χ2v) is 9.81. The van der Waals surface area contributed by atoms with Gasteiger partial charge in [0, 0.05) is 51.4 Å². The van der Waals surface area contributed by atoms with E-state index in [1.807, 2.05) is 24.3 Å². The highest BCUT2D eigenvalue weighted by Gasteiger charge is 2.34. The number of piperazine rings is 1. The van der Waals surface area contributed by atoms with Crippen molar-refractivity contribution in [2.45, 2.75) is 25.3 Å². The summed E-state index contributed by atoms with van der Waals surface area (Å²) in [7, 11) is -3.69.